The fraction of sp³-hybridized carbons (Fsp3) is 0.417. The lowest BCUT2D eigenvalue weighted by Crippen LogP contribution is -2.28. The first-order chi connectivity index (χ1) is 7.63. The van der Waals surface area contributed by atoms with Gasteiger partial charge in [0, 0.05) is 13.0 Å². The Hall–Kier alpha value is -1.55. The van der Waals surface area contributed by atoms with E-state index in [1.165, 1.54) is 6.92 Å². The number of carbonyl (C=O) groups is 1. The summed E-state index contributed by atoms with van der Waals surface area (Å²) in [7, 11) is 1.88. The highest BCUT2D eigenvalue weighted by atomic mass is 16.5. The lowest BCUT2D eigenvalue weighted by Gasteiger charge is -2.14. The number of anilines is 1. The van der Waals surface area contributed by atoms with Gasteiger partial charge in [-0.25, -0.2) is 0 Å². The maximum absolute atomic E-state index is 11.0. The number of hydrogen-bond donors (Lipinski definition) is 2. The molecule has 0 aliphatic rings. The second kappa shape index (κ2) is 6.12. The minimum atomic E-state index is -0.0993. The summed E-state index contributed by atoms with van der Waals surface area (Å²) in [6.45, 7) is 4.07. The number of rotatable bonds is 5. The van der Waals surface area contributed by atoms with Crippen LogP contribution in [0.15, 0.2) is 24.3 Å². The van der Waals surface area contributed by atoms with Gasteiger partial charge in [-0.3, -0.25) is 4.79 Å². The molecule has 0 bridgehead atoms. The summed E-state index contributed by atoms with van der Waals surface area (Å²) in [6, 6.07) is 7.67. The first-order valence-corrected chi connectivity index (χ1v) is 5.30. The van der Waals surface area contributed by atoms with Gasteiger partial charge in [-0.15, -0.1) is 0 Å². The van der Waals surface area contributed by atoms with Crippen molar-refractivity contribution >= 4 is 11.6 Å². The number of nitrogens with one attached hydrogen (secondary N) is 2. The molecule has 0 heterocycles. The molecule has 4 heteroatoms. The van der Waals surface area contributed by atoms with Crippen LogP contribution in [-0.2, 0) is 4.79 Å². The normalized spacial score (nSPS) is 11.9. The number of para-hydroxylation sites is 2. The second-order valence-electron chi connectivity index (χ2n) is 3.68. The van der Waals surface area contributed by atoms with Gasteiger partial charge < -0.3 is 15.4 Å². The molecule has 1 aromatic carbocycles. The van der Waals surface area contributed by atoms with Gasteiger partial charge in [0.1, 0.15) is 12.4 Å². The van der Waals surface area contributed by atoms with Crippen LogP contribution in [0.25, 0.3) is 0 Å². The summed E-state index contributed by atoms with van der Waals surface area (Å²) in [6.07, 6.45) is 0. The summed E-state index contributed by atoms with van der Waals surface area (Å²) in [5.74, 6) is 0.595. The standard InChI is InChI=1S/C12H18N2O2/c1-9(13-3)8-16-12-7-5-4-6-11(12)14-10(2)15/h4-7,9,13H,8H2,1-3H3,(H,14,15). The second-order valence-corrected chi connectivity index (χ2v) is 3.68. The highest BCUT2D eigenvalue weighted by molar-refractivity contribution is 5.90. The minimum absolute atomic E-state index is 0.0993. The van der Waals surface area contributed by atoms with Crippen LogP contribution in [0, 0.1) is 0 Å². The summed E-state index contributed by atoms with van der Waals surface area (Å²) in [4.78, 5) is 11.0. The third-order valence-electron chi connectivity index (χ3n) is 2.18. The Morgan fingerprint density at radius 1 is 1.44 bits per heavy atom. The third-order valence-corrected chi connectivity index (χ3v) is 2.18. The molecule has 2 N–H and O–H groups in total. The van der Waals surface area contributed by atoms with E-state index >= 15 is 0 Å². The average Bonchev–Trinajstić information content (AvgIpc) is 2.26. The zero-order chi connectivity index (χ0) is 12.0. The SMILES string of the molecule is CNC(C)COc1ccccc1NC(C)=O. The zero-order valence-corrected chi connectivity index (χ0v) is 9.91. The van der Waals surface area contributed by atoms with Crippen LogP contribution in [0.4, 0.5) is 5.69 Å². The van der Waals surface area contributed by atoms with E-state index in [9.17, 15) is 4.79 Å². The van der Waals surface area contributed by atoms with Crippen LogP contribution in [-0.4, -0.2) is 25.6 Å². The van der Waals surface area contributed by atoms with Gasteiger partial charge >= 0.3 is 0 Å². The Balaban J connectivity index is 2.67. The lowest BCUT2D eigenvalue weighted by molar-refractivity contribution is -0.114. The van der Waals surface area contributed by atoms with Gasteiger partial charge in [0.25, 0.3) is 0 Å². The molecular formula is C12H18N2O2. The summed E-state index contributed by atoms with van der Waals surface area (Å²) in [5, 5.41) is 5.81. The molecule has 0 fully saturated rings. The van der Waals surface area contributed by atoms with E-state index in [0.29, 0.717) is 18.0 Å². The maximum atomic E-state index is 11.0. The van der Waals surface area contributed by atoms with E-state index in [2.05, 4.69) is 10.6 Å². The van der Waals surface area contributed by atoms with Gasteiger partial charge in [-0.05, 0) is 26.1 Å². The highest BCUT2D eigenvalue weighted by Gasteiger charge is 2.05. The highest BCUT2D eigenvalue weighted by Crippen LogP contribution is 2.23. The fourth-order valence-electron chi connectivity index (χ4n) is 1.18. The van der Waals surface area contributed by atoms with Crippen molar-refractivity contribution in [2.75, 3.05) is 19.0 Å². The maximum Gasteiger partial charge on any atom is 0.221 e. The Kier molecular flexibility index (Phi) is 4.79. The Labute approximate surface area is 96.0 Å². The van der Waals surface area contributed by atoms with E-state index in [1.807, 2.05) is 38.2 Å². The molecule has 88 valence electrons. The molecule has 16 heavy (non-hydrogen) atoms. The number of ether oxygens (including phenoxy) is 1. The zero-order valence-electron chi connectivity index (χ0n) is 9.91. The molecular weight excluding hydrogens is 204 g/mol. The Bertz CT molecular complexity index is 353. The van der Waals surface area contributed by atoms with E-state index in [0.717, 1.165) is 0 Å². The van der Waals surface area contributed by atoms with Gasteiger partial charge in [0.2, 0.25) is 5.91 Å². The predicted molar refractivity (Wildman–Crippen MR) is 64.8 cm³/mol. The Morgan fingerprint density at radius 3 is 2.75 bits per heavy atom. The molecule has 0 radical (unpaired) electrons. The number of likely N-dealkylation sites (N-methyl/N-ethyl adjacent to an activating group) is 1. The molecule has 0 aliphatic carbocycles. The molecule has 1 atom stereocenters. The summed E-state index contributed by atoms with van der Waals surface area (Å²) in [5.41, 5.74) is 0.707. The van der Waals surface area contributed by atoms with E-state index < -0.39 is 0 Å². The molecule has 1 amide bonds. The van der Waals surface area contributed by atoms with Crippen LogP contribution in [0.5, 0.6) is 5.75 Å². The van der Waals surface area contributed by atoms with Crippen LogP contribution < -0.4 is 15.4 Å². The van der Waals surface area contributed by atoms with Crippen molar-refractivity contribution in [2.45, 2.75) is 19.9 Å². The van der Waals surface area contributed by atoms with Crippen molar-refractivity contribution < 1.29 is 9.53 Å². The first kappa shape index (κ1) is 12.5. The molecule has 4 nitrogen and oxygen atoms in total. The third kappa shape index (κ3) is 3.90. The number of amides is 1. The molecule has 0 saturated carbocycles. The van der Waals surface area contributed by atoms with Crippen molar-refractivity contribution in [2.24, 2.45) is 0 Å². The van der Waals surface area contributed by atoms with Crippen molar-refractivity contribution in [1.29, 1.82) is 0 Å². The largest absolute Gasteiger partial charge is 0.490 e. The molecule has 0 aromatic heterocycles. The molecule has 1 rings (SSSR count). The van der Waals surface area contributed by atoms with Crippen molar-refractivity contribution in [3.8, 4) is 5.75 Å². The summed E-state index contributed by atoms with van der Waals surface area (Å²) >= 11 is 0. The molecule has 0 spiro atoms. The number of benzene rings is 1. The van der Waals surface area contributed by atoms with E-state index in [4.69, 9.17) is 4.74 Å². The number of hydrogen-bond acceptors (Lipinski definition) is 3. The van der Waals surface area contributed by atoms with Crippen molar-refractivity contribution in [3.63, 3.8) is 0 Å². The topological polar surface area (TPSA) is 50.4 Å². The fourth-order valence-corrected chi connectivity index (χ4v) is 1.18. The van der Waals surface area contributed by atoms with Gasteiger partial charge in [0.15, 0.2) is 0 Å². The molecule has 1 unspecified atom stereocenters. The van der Waals surface area contributed by atoms with Crippen LogP contribution in [0.1, 0.15) is 13.8 Å². The average molecular weight is 222 g/mol. The van der Waals surface area contributed by atoms with Crippen LogP contribution in [0.3, 0.4) is 0 Å². The number of carbonyl (C=O) groups excluding carboxylic acids is 1. The molecule has 0 aliphatic heterocycles. The Morgan fingerprint density at radius 2 is 2.12 bits per heavy atom. The van der Waals surface area contributed by atoms with Gasteiger partial charge in [0.05, 0.1) is 5.69 Å². The minimum Gasteiger partial charge on any atom is -0.490 e. The van der Waals surface area contributed by atoms with Gasteiger partial charge in [-0.2, -0.15) is 0 Å². The monoisotopic (exact) mass is 222 g/mol. The predicted octanol–water partition coefficient (Wildman–Crippen LogP) is 1.63. The molecule has 0 saturated heterocycles. The summed E-state index contributed by atoms with van der Waals surface area (Å²) < 4.78 is 5.61. The van der Waals surface area contributed by atoms with Crippen LogP contribution in [0.2, 0.25) is 0 Å². The van der Waals surface area contributed by atoms with Crippen molar-refractivity contribution in [1.82, 2.24) is 5.32 Å². The quantitative estimate of drug-likeness (QED) is 0.796. The first-order valence-electron chi connectivity index (χ1n) is 5.30. The molecule has 1 aromatic rings. The van der Waals surface area contributed by atoms with Crippen LogP contribution >= 0.6 is 0 Å². The van der Waals surface area contributed by atoms with E-state index in [1.54, 1.807) is 0 Å². The van der Waals surface area contributed by atoms with Crippen molar-refractivity contribution in [3.05, 3.63) is 24.3 Å². The lowest BCUT2D eigenvalue weighted by atomic mass is 10.3. The van der Waals surface area contributed by atoms with Gasteiger partial charge in [-0.1, -0.05) is 12.1 Å². The van der Waals surface area contributed by atoms with E-state index in [-0.39, 0.29) is 11.9 Å². The smallest absolute Gasteiger partial charge is 0.221 e.